The van der Waals surface area contributed by atoms with E-state index in [1.807, 2.05) is 30.1 Å². The molecule has 1 rings (SSSR count). The molecule has 0 bridgehead atoms. The molecule has 0 amide bonds. The molecule has 0 saturated heterocycles. The van der Waals surface area contributed by atoms with Crippen molar-refractivity contribution in [2.75, 3.05) is 41.5 Å². The Hall–Kier alpha value is -2.44. The summed E-state index contributed by atoms with van der Waals surface area (Å²) >= 11 is 0. The van der Waals surface area contributed by atoms with Crippen LogP contribution in [-0.2, 0) is 16.1 Å². The van der Waals surface area contributed by atoms with E-state index >= 15 is 0 Å². The summed E-state index contributed by atoms with van der Waals surface area (Å²) in [5, 5.41) is 3.25. The van der Waals surface area contributed by atoms with Crippen molar-refractivity contribution >= 4 is 11.9 Å². The van der Waals surface area contributed by atoms with Crippen molar-refractivity contribution in [3.8, 4) is 11.5 Å². The van der Waals surface area contributed by atoms with Gasteiger partial charge in [-0.1, -0.05) is 0 Å². The van der Waals surface area contributed by atoms with Gasteiger partial charge in [0.25, 0.3) is 0 Å². The van der Waals surface area contributed by atoms with Crippen molar-refractivity contribution in [3.63, 3.8) is 0 Å². The molecule has 0 fully saturated rings. The minimum absolute atomic E-state index is 0.171. The number of nitrogens with one attached hydrogen (secondary N) is 1. The fourth-order valence-electron chi connectivity index (χ4n) is 2.36. The maximum absolute atomic E-state index is 11.3. The van der Waals surface area contributed by atoms with Crippen LogP contribution in [0, 0.1) is 0 Å². The van der Waals surface area contributed by atoms with Gasteiger partial charge in [0.1, 0.15) is 11.5 Å². The predicted molar refractivity (Wildman–Crippen MR) is 98.2 cm³/mol. The highest BCUT2D eigenvalue weighted by molar-refractivity contribution is 5.79. The van der Waals surface area contributed by atoms with Crippen LogP contribution in [0.4, 0.5) is 0 Å². The normalized spacial score (nSPS) is 11.0. The van der Waals surface area contributed by atoms with E-state index in [0.717, 1.165) is 23.0 Å². The van der Waals surface area contributed by atoms with Crippen LogP contribution in [0.2, 0.25) is 0 Å². The molecule has 1 aromatic carbocycles. The summed E-state index contributed by atoms with van der Waals surface area (Å²) < 4.78 is 15.6. The third-order valence-corrected chi connectivity index (χ3v) is 3.62. The van der Waals surface area contributed by atoms with E-state index in [9.17, 15) is 4.79 Å². The van der Waals surface area contributed by atoms with Gasteiger partial charge in [0, 0.05) is 45.2 Å². The molecule has 0 unspecified atom stereocenters. The van der Waals surface area contributed by atoms with Crippen LogP contribution in [0.25, 0.3) is 0 Å². The number of carbonyl (C=O) groups is 1. The summed E-state index contributed by atoms with van der Waals surface area (Å²) in [6, 6.07) is 5.74. The Morgan fingerprint density at radius 2 is 2.04 bits per heavy atom. The summed E-state index contributed by atoms with van der Waals surface area (Å²) in [7, 11) is 6.95. The molecular formula is C18H29N3O4. The molecule has 7 heteroatoms. The van der Waals surface area contributed by atoms with Crippen LogP contribution >= 0.6 is 0 Å². The molecule has 25 heavy (non-hydrogen) atoms. The molecule has 140 valence electrons. The molecule has 0 aliphatic carbocycles. The van der Waals surface area contributed by atoms with Crippen LogP contribution in [-0.4, -0.2) is 58.3 Å². The zero-order valence-corrected chi connectivity index (χ0v) is 15.8. The topological polar surface area (TPSA) is 72.4 Å². The molecule has 0 radical (unpaired) electrons. The molecule has 1 N–H and O–H groups in total. The maximum Gasteiger partial charge on any atom is 0.305 e. The van der Waals surface area contributed by atoms with Crippen molar-refractivity contribution in [1.82, 2.24) is 10.2 Å². The molecule has 0 saturated carbocycles. The third kappa shape index (κ3) is 6.91. The fourth-order valence-corrected chi connectivity index (χ4v) is 2.36. The first-order valence-corrected chi connectivity index (χ1v) is 8.34. The number of guanidine groups is 1. The monoisotopic (exact) mass is 351 g/mol. The summed E-state index contributed by atoms with van der Waals surface area (Å²) in [5.74, 6) is 2.10. The second-order valence-electron chi connectivity index (χ2n) is 5.42. The number of esters is 1. The van der Waals surface area contributed by atoms with Gasteiger partial charge in [-0.2, -0.15) is 0 Å². The van der Waals surface area contributed by atoms with Crippen molar-refractivity contribution in [3.05, 3.63) is 23.8 Å². The largest absolute Gasteiger partial charge is 0.497 e. The van der Waals surface area contributed by atoms with Crippen LogP contribution in [0.5, 0.6) is 11.5 Å². The lowest BCUT2D eigenvalue weighted by Gasteiger charge is -2.23. The third-order valence-electron chi connectivity index (χ3n) is 3.62. The second kappa shape index (κ2) is 11.2. The number of benzene rings is 1. The first-order valence-electron chi connectivity index (χ1n) is 8.34. The van der Waals surface area contributed by atoms with Gasteiger partial charge in [-0.25, -0.2) is 0 Å². The SMILES string of the molecule is CCOC(=O)CCCNC(=NC)N(C)Cc1ccc(OC)cc1OC. The molecule has 0 spiro atoms. The first kappa shape index (κ1) is 20.6. The Labute approximate surface area is 150 Å². The molecule has 7 nitrogen and oxygen atoms in total. The average molecular weight is 351 g/mol. The van der Waals surface area contributed by atoms with E-state index in [0.29, 0.717) is 32.5 Å². The van der Waals surface area contributed by atoms with Crippen molar-refractivity contribution in [2.24, 2.45) is 4.99 Å². The van der Waals surface area contributed by atoms with E-state index in [1.165, 1.54) is 0 Å². The number of nitrogens with zero attached hydrogens (tertiary/aromatic N) is 2. The van der Waals surface area contributed by atoms with Gasteiger partial charge in [0.15, 0.2) is 5.96 Å². The summed E-state index contributed by atoms with van der Waals surface area (Å²) in [6.45, 7) is 3.50. The van der Waals surface area contributed by atoms with E-state index in [2.05, 4.69) is 10.3 Å². The highest BCUT2D eigenvalue weighted by Crippen LogP contribution is 2.25. The van der Waals surface area contributed by atoms with E-state index in [4.69, 9.17) is 14.2 Å². The minimum Gasteiger partial charge on any atom is -0.497 e. The first-order chi connectivity index (χ1) is 12.0. The van der Waals surface area contributed by atoms with Crippen LogP contribution in [0.1, 0.15) is 25.3 Å². The van der Waals surface area contributed by atoms with Gasteiger partial charge in [0.2, 0.25) is 0 Å². The molecule has 0 aromatic heterocycles. The van der Waals surface area contributed by atoms with Crippen LogP contribution in [0.15, 0.2) is 23.2 Å². The quantitative estimate of drug-likeness (QED) is 0.318. The Kier molecular flexibility index (Phi) is 9.21. The Morgan fingerprint density at radius 3 is 2.64 bits per heavy atom. The van der Waals surface area contributed by atoms with Gasteiger partial charge in [-0.3, -0.25) is 9.79 Å². The van der Waals surface area contributed by atoms with Gasteiger partial charge in [0.05, 0.1) is 20.8 Å². The average Bonchev–Trinajstić information content (AvgIpc) is 2.62. The molecule has 1 aromatic rings. The number of aliphatic imine (C=N–C) groups is 1. The zero-order valence-electron chi connectivity index (χ0n) is 15.8. The van der Waals surface area contributed by atoms with E-state index in [-0.39, 0.29) is 5.97 Å². The Morgan fingerprint density at radius 1 is 1.28 bits per heavy atom. The highest BCUT2D eigenvalue weighted by Gasteiger charge is 2.11. The molecular weight excluding hydrogens is 322 g/mol. The second-order valence-corrected chi connectivity index (χ2v) is 5.42. The smallest absolute Gasteiger partial charge is 0.305 e. The van der Waals surface area contributed by atoms with Gasteiger partial charge in [-0.05, 0) is 25.5 Å². The lowest BCUT2D eigenvalue weighted by Crippen LogP contribution is -2.39. The van der Waals surface area contributed by atoms with Gasteiger partial charge >= 0.3 is 5.97 Å². The Balaban J connectivity index is 2.56. The van der Waals surface area contributed by atoms with Gasteiger partial charge in [-0.15, -0.1) is 0 Å². The van der Waals surface area contributed by atoms with Gasteiger partial charge < -0.3 is 24.4 Å². The lowest BCUT2D eigenvalue weighted by atomic mass is 10.2. The van der Waals surface area contributed by atoms with E-state index in [1.54, 1.807) is 28.2 Å². The zero-order chi connectivity index (χ0) is 18.7. The van der Waals surface area contributed by atoms with E-state index < -0.39 is 0 Å². The molecule has 0 aliphatic rings. The van der Waals surface area contributed by atoms with Crippen molar-refractivity contribution in [2.45, 2.75) is 26.3 Å². The summed E-state index contributed by atoms with van der Waals surface area (Å²) in [4.78, 5) is 17.6. The number of rotatable bonds is 9. The maximum atomic E-state index is 11.3. The summed E-state index contributed by atoms with van der Waals surface area (Å²) in [5.41, 5.74) is 1.03. The predicted octanol–water partition coefficient (Wildman–Crippen LogP) is 2.05. The molecule has 0 aliphatic heterocycles. The fraction of sp³-hybridized carbons (Fsp3) is 0.556. The lowest BCUT2D eigenvalue weighted by molar-refractivity contribution is -0.143. The highest BCUT2D eigenvalue weighted by atomic mass is 16.5. The standard InChI is InChI=1S/C18H29N3O4/c1-6-25-17(22)8-7-11-20-18(19-2)21(3)13-14-9-10-15(23-4)12-16(14)24-5/h9-10,12H,6-8,11,13H2,1-5H3,(H,19,20). The molecule has 0 heterocycles. The van der Waals surface area contributed by atoms with Crippen molar-refractivity contribution < 1.29 is 19.0 Å². The number of carbonyl (C=O) groups excluding carboxylic acids is 1. The number of hydrogen-bond acceptors (Lipinski definition) is 5. The van der Waals surface area contributed by atoms with Crippen LogP contribution in [0.3, 0.4) is 0 Å². The number of methoxy groups -OCH3 is 2. The number of ether oxygens (including phenoxy) is 3. The minimum atomic E-state index is -0.171. The molecule has 0 atom stereocenters. The number of hydrogen-bond donors (Lipinski definition) is 1. The Bertz CT molecular complexity index is 575. The van der Waals surface area contributed by atoms with Crippen molar-refractivity contribution in [1.29, 1.82) is 0 Å². The summed E-state index contributed by atoms with van der Waals surface area (Å²) in [6.07, 6.45) is 1.09. The van der Waals surface area contributed by atoms with Crippen LogP contribution < -0.4 is 14.8 Å².